The highest BCUT2D eigenvalue weighted by atomic mass is 79.9. The van der Waals surface area contributed by atoms with Crippen molar-refractivity contribution in [3.8, 4) is 11.5 Å². The van der Waals surface area contributed by atoms with Crippen LogP contribution in [0.3, 0.4) is 0 Å². The molecule has 0 heterocycles. The molecule has 0 saturated heterocycles. The van der Waals surface area contributed by atoms with Crippen LogP contribution in [0.1, 0.15) is 39.7 Å². The molecule has 1 aromatic rings. The average Bonchev–Trinajstić information content (AvgIpc) is 2.43. The van der Waals surface area contributed by atoms with Crippen molar-refractivity contribution in [1.29, 1.82) is 0 Å². The Morgan fingerprint density at radius 2 is 1.86 bits per heavy atom. The zero-order valence-corrected chi connectivity index (χ0v) is 15.6. The third kappa shape index (κ3) is 5.51. The van der Waals surface area contributed by atoms with E-state index in [0.717, 1.165) is 35.4 Å². The van der Waals surface area contributed by atoms with Crippen molar-refractivity contribution in [3.05, 3.63) is 22.2 Å². The Bertz CT molecular complexity index is 458. The summed E-state index contributed by atoms with van der Waals surface area (Å²) in [6.45, 7) is 9.98. The molecule has 1 rings (SSSR count). The molecular formula is C17H28BrNO2. The van der Waals surface area contributed by atoms with Crippen molar-refractivity contribution < 1.29 is 9.47 Å². The molecule has 0 aliphatic carbocycles. The summed E-state index contributed by atoms with van der Waals surface area (Å²) in [6, 6.07) is 4.60. The van der Waals surface area contributed by atoms with Gasteiger partial charge in [0.15, 0.2) is 0 Å². The second kappa shape index (κ2) is 8.04. The SMILES string of the molecule is COc1ccc(CCC(C)(C)CNC(C)C)c(OC)c1Br. The zero-order valence-electron chi connectivity index (χ0n) is 14.0. The topological polar surface area (TPSA) is 30.5 Å². The summed E-state index contributed by atoms with van der Waals surface area (Å²) in [5.74, 6) is 1.68. The third-order valence-electron chi connectivity index (χ3n) is 3.63. The number of hydrogen-bond acceptors (Lipinski definition) is 3. The smallest absolute Gasteiger partial charge is 0.139 e. The summed E-state index contributed by atoms with van der Waals surface area (Å²) >= 11 is 3.56. The predicted octanol–water partition coefficient (Wildman–Crippen LogP) is 4.42. The van der Waals surface area contributed by atoms with Gasteiger partial charge in [0.1, 0.15) is 16.0 Å². The largest absolute Gasteiger partial charge is 0.495 e. The maximum Gasteiger partial charge on any atom is 0.139 e. The Morgan fingerprint density at radius 1 is 1.19 bits per heavy atom. The van der Waals surface area contributed by atoms with Gasteiger partial charge in [-0.25, -0.2) is 0 Å². The Kier molecular flexibility index (Phi) is 7.01. The molecule has 120 valence electrons. The average molecular weight is 358 g/mol. The van der Waals surface area contributed by atoms with Crippen molar-refractivity contribution in [2.45, 2.75) is 46.6 Å². The van der Waals surface area contributed by atoms with Gasteiger partial charge in [0.2, 0.25) is 0 Å². The first-order valence-electron chi connectivity index (χ1n) is 7.43. The van der Waals surface area contributed by atoms with Crippen molar-refractivity contribution in [1.82, 2.24) is 5.32 Å². The molecule has 1 aromatic carbocycles. The van der Waals surface area contributed by atoms with E-state index in [1.807, 2.05) is 6.07 Å². The Morgan fingerprint density at radius 3 is 2.38 bits per heavy atom. The predicted molar refractivity (Wildman–Crippen MR) is 92.5 cm³/mol. The molecule has 0 fully saturated rings. The first kappa shape index (κ1) is 18.3. The molecule has 0 saturated carbocycles. The van der Waals surface area contributed by atoms with Gasteiger partial charge in [-0.05, 0) is 45.8 Å². The summed E-state index contributed by atoms with van der Waals surface area (Å²) in [6.07, 6.45) is 2.08. The minimum absolute atomic E-state index is 0.252. The summed E-state index contributed by atoms with van der Waals surface area (Å²) in [4.78, 5) is 0. The Labute approximate surface area is 137 Å². The Hall–Kier alpha value is -0.740. The van der Waals surface area contributed by atoms with Crippen LogP contribution >= 0.6 is 15.9 Å². The number of hydrogen-bond donors (Lipinski definition) is 1. The second-order valence-electron chi connectivity index (χ2n) is 6.47. The lowest BCUT2D eigenvalue weighted by Gasteiger charge is -2.27. The molecule has 0 amide bonds. The van der Waals surface area contributed by atoms with Crippen molar-refractivity contribution >= 4 is 15.9 Å². The lowest BCUT2D eigenvalue weighted by molar-refractivity contribution is 0.302. The number of halogens is 1. The highest BCUT2D eigenvalue weighted by Crippen LogP contribution is 2.38. The van der Waals surface area contributed by atoms with E-state index in [0.29, 0.717) is 6.04 Å². The van der Waals surface area contributed by atoms with Gasteiger partial charge in [-0.2, -0.15) is 0 Å². The van der Waals surface area contributed by atoms with Crippen LogP contribution in [-0.4, -0.2) is 26.8 Å². The highest BCUT2D eigenvalue weighted by Gasteiger charge is 2.20. The molecule has 0 spiro atoms. The molecule has 0 aromatic heterocycles. The first-order chi connectivity index (χ1) is 9.80. The maximum atomic E-state index is 5.54. The van der Waals surface area contributed by atoms with Crippen LogP contribution in [-0.2, 0) is 6.42 Å². The van der Waals surface area contributed by atoms with Crippen molar-refractivity contribution in [2.24, 2.45) is 5.41 Å². The van der Waals surface area contributed by atoms with Gasteiger partial charge in [0.25, 0.3) is 0 Å². The molecule has 0 unspecified atom stereocenters. The van der Waals surface area contributed by atoms with Gasteiger partial charge in [0, 0.05) is 12.6 Å². The van der Waals surface area contributed by atoms with Gasteiger partial charge in [-0.15, -0.1) is 0 Å². The number of ether oxygens (including phenoxy) is 2. The molecule has 1 N–H and O–H groups in total. The van der Waals surface area contributed by atoms with Gasteiger partial charge >= 0.3 is 0 Å². The molecule has 0 aliphatic heterocycles. The lowest BCUT2D eigenvalue weighted by Crippen LogP contribution is -2.34. The lowest BCUT2D eigenvalue weighted by atomic mass is 9.86. The van der Waals surface area contributed by atoms with E-state index < -0.39 is 0 Å². The van der Waals surface area contributed by atoms with E-state index in [-0.39, 0.29) is 5.41 Å². The van der Waals surface area contributed by atoms with E-state index >= 15 is 0 Å². The monoisotopic (exact) mass is 357 g/mol. The molecule has 0 atom stereocenters. The van der Waals surface area contributed by atoms with Crippen LogP contribution in [0.5, 0.6) is 11.5 Å². The van der Waals surface area contributed by atoms with Crippen LogP contribution in [0.25, 0.3) is 0 Å². The number of benzene rings is 1. The summed E-state index contributed by atoms with van der Waals surface area (Å²) in [7, 11) is 3.37. The fourth-order valence-electron chi connectivity index (χ4n) is 2.20. The van der Waals surface area contributed by atoms with Gasteiger partial charge in [0.05, 0.1) is 14.2 Å². The molecule has 0 aliphatic rings. The van der Waals surface area contributed by atoms with Gasteiger partial charge in [-0.3, -0.25) is 0 Å². The third-order valence-corrected chi connectivity index (χ3v) is 4.38. The number of rotatable bonds is 8. The number of methoxy groups -OCH3 is 2. The molecule has 21 heavy (non-hydrogen) atoms. The van der Waals surface area contributed by atoms with Crippen molar-refractivity contribution in [3.63, 3.8) is 0 Å². The zero-order chi connectivity index (χ0) is 16.0. The standard InChI is InChI=1S/C17H28BrNO2/c1-12(2)19-11-17(3,4)10-9-13-7-8-14(20-5)15(18)16(13)21-6/h7-8,12,19H,9-11H2,1-6H3. The van der Waals surface area contributed by atoms with Gasteiger partial charge in [-0.1, -0.05) is 33.8 Å². The summed E-state index contributed by atoms with van der Waals surface area (Å²) in [5, 5.41) is 3.52. The molecular weight excluding hydrogens is 330 g/mol. The second-order valence-corrected chi connectivity index (χ2v) is 7.27. The fraction of sp³-hybridized carbons (Fsp3) is 0.647. The van der Waals surface area contributed by atoms with E-state index in [1.54, 1.807) is 14.2 Å². The van der Waals surface area contributed by atoms with E-state index in [9.17, 15) is 0 Å². The van der Waals surface area contributed by atoms with Crippen LogP contribution in [0.15, 0.2) is 16.6 Å². The van der Waals surface area contributed by atoms with E-state index in [1.165, 1.54) is 5.56 Å². The fourth-order valence-corrected chi connectivity index (χ4v) is 2.91. The van der Waals surface area contributed by atoms with Crippen molar-refractivity contribution in [2.75, 3.05) is 20.8 Å². The van der Waals surface area contributed by atoms with Gasteiger partial charge < -0.3 is 14.8 Å². The summed E-state index contributed by atoms with van der Waals surface area (Å²) < 4.78 is 11.7. The quantitative estimate of drug-likeness (QED) is 0.746. The highest BCUT2D eigenvalue weighted by molar-refractivity contribution is 9.10. The number of aryl methyl sites for hydroxylation is 1. The normalized spacial score (nSPS) is 11.8. The van der Waals surface area contributed by atoms with Crippen LogP contribution < -0.4 is 14.8 Å². The Balaban J connectivity index is 2.77. The molecule has 3 nitrogen and oxygen atoms in total. The molecule has 0 radical (unpaired) electrons. The van der Waals surface area contributed by atoms with Crippen LogP contribution in [0.2, 0.25) is 0 Å². The van der Waals surface area contributed by atoms with E-state index in [4.69, 9.17) is 9.47 Å². The van der Waals surface area contributed by atoms with E-state index in [2.05, 4.69) is 55.0 Å². The maximum absolute atomic E-state index is 5.54. The van der Waals surface area contributed by atoms with Crippen LogP contribution in [0, 0.1) is 5.41 Å². The molecule has 4 heteroatoms. The molecule has 0 bridgehead atoms. The minimum atomic E-state index is 0.252. The van der Waals surface area contributed by atoms with Crippen LogP contribution in [0.4, 0.5) is 0 Å². The first-order valence-corrected chi connectivity index (χ1v) is 8.22. The minimum Gasteiger partial charge on any atom is -0.495 e. The number of nitrogens with one attached hydrogen (secondary N) is 1. The summed E-state index contributed by atoms with van der Waals surface area (Å²) in [5.41, 5.74) is 1.46.